The minimum absolute atomic E-state index is 0.0570. The first kappa shape index (κ1) is 45.2. The Morgan fingerprint density at radius 1 is 1.02 bits per heavy atom. The van der Waals surface area contributed by atoms with E-state index in [4.69, 9.17) is 48.0 Å². The molecule has 11 rings (SSSR count). The molecule has 13 atom stereocenters. The van der Waals surface area contributed by atoms with E-state index in [1.165, 1.54) is 19.0 Å². The van der Waals surface area contributed by atoms with Crippen LogP contribution in [-0.2, 0) is 39.7 Å². The predicted molar refractivity (Wildman–Crippen MR) is 240 cm³/mol. The van der Waals surface area contributed by atoms with E-state index in [1.807, 2.05) is 44.5 Å². The monoisotopic (exact) mass is 912 g/mol. The highest BCUT2D eigenvalue weighted by molar-refractivity contribution is 5.96. The molecule has 3 saturated heterocycles. The van der Waals surface area contributed by atoms with Gasteiger partial charge in [0.15, 0.2) is 22.8 Å². The lowest BCUT2D eigenvalue weighted by Gasteiger charge is -2.66. The van der Waals surface area contributed by atoms with Gasteiger partial charge in [-0.3, -0.25) is 4.79 Å². The van der Waals surface area contributed by atoms with Crippen molar-refractivity contribution < 1.29 is 57.7 Å². The molecule has 1 spiro atoms. The number of esters is 1. The third-order valence-corrected chi connectivity index (χ3v) is 15.5. The second kappa shape index (κ2) is 15.5. The Hall–Kier alpha value is -4.58. The molecule has 3 saturated carbocycles. The highest BCUT2D eigenvalue weighted by atomic mass is 16.8. The fraction of sp³-hybridized carbons (Fsp3) is 0.640. The number of methoxy groups -OCH3 is 1. The standard InChI is InChI=1S/C50H64N4O12/c1-24(2)13-12-18-48(10)19-17-28-38(64-48)27(15-14-25(3)4)40-32(39(28)62-44-37(56)36(55)41-30(61-44)22-60-47(8,9)63-41)34-33-35(54-45(53-34)51-23-52-54)29-21-31-46(6,7)66-49(42(29)57,50(31,33)65-40)20-16-26(5)43(58)59-11/h13-14,16-17,19,23,29-31,33-37,41,44,55-56H,12,15,18,20-22H2,1-11H3,(H,51,52,53)/b26-16-/t29?,30-,31?,33?,34?,35?,36+,37+,41+,44-,48?,49?,50?/m0/s1. The van der Waals surface area contributed by atoms with Crippen molar-refractivity contribution in [2.45, 2.75) is 172 Å². The second-order valence-electron chi connectivity index (χ2n) is 21.2. The van der Waals surface area contributed by atoms with Crippen molar-refractivity contribution in [3.05, 3.63) is 64.0 Å². The quantitative estimate of drug-likeness (QED) is 0.135. The molecule has 0 radical (unpaired) electrons. The Balaban J connectivity index is 1.23. The van der Waals surface area contributed by atoms with Crippen molar-refractivity contribution in [2.75, 3.05) is 19.0 Å². The highest BCUT2D eigenvalue weighted by Crippen LogP contribution is 2.75. The number of benzene rings is 1. The van der Waals surface area contributed by atoms with Gasteiger partial charge in [-0.05, 0) is 107 Å². The van der Waals surface area contributed by atoms with Gasteiger partial charge in [0.25, 0.3) is 0 Å². The first-order valence-electron chi connectivity index (χ1n) is 23.4. The SMILES string of the molecule is COC(=O)/C(C)=C\CC12OC(C)(C)C3CC(C1=O)C1C4C(Nc5ncnn51)c1c(O[C@@H]5O[C@H]6COC(C)(C)O[C@H]6[C@H](O)[C@H]5O)c5c(c(CC=C(C)C)c1OC432)OC(C)(CCC=C(C)C)C=C5. The summed E-state index contributed by atoms with van der Waals surface area (Å²) >= 11 is 0. The van der Waals surface area contributed by atoms with Gasteiger partial charge in [0.1, 0.15) is 53.6 Å². The van der Waals surface area contributed by atoms with Crippen molar-refractivity contribution >= 4 is 23.8 Å². The Bertz CT molecular complexity index is 2480. The molecule has 356 valence electrons. The number of aromatic nitrogens is 3. The molecule has 2 aromatic rings. The molecular formula is C50H64N4O12. The van der Waals surface area contributed by atoms with Gasteiger partial charge in [-0.2, -0.15) is 10.1 Å². The molecule has 6 aliphatic heterocycles. The van der Waals surface area contributed by atoms with Crippen LogP contribution in [0.3, 0.4) is 0 Å². The van der Waals surface area contributed by atoms with Crippen molar-refractivity contribution in [1.29, 1.82) is 0 Å². The molecule has 1 aromatic carbocycles. The molecule has 16 heteroatoms. The second-order valence-corrected chi connectivity index (χ2v) is 21.2. The van der Waals surface area contributed by atoms with Gasteiger partial charge in [0.05, 0.1) is 48.4 Å². The minimum Gasteiger partial charge on any atom is -0.482 e. The maximum Gasteiger partial charge on any atom is 0.333 e. The van der Waals surface area contributed by atoms with Crippen molar-refractivity contribution in [2.24, 2.45) is 17.8 Å². The van der Waals surface area contributed by atoms with Crippen LogP contribution in [0.2, 0.25) is 0 Å². The Kier molecular flexibility index (Phi) is 10.6. The molecule has 3 aliphatic carbocycles. The summed E-state index contributed by atoms with van der Waals surface area (Å²) in [6, 6.07) is -1.14. The Labute approximate surface area is 385 Å². The number of nitrogens with zero attached hydrogens (tertiary/aromatic N) is 3. The topological polar surface area (TPSA) is 191 Å². The zero-order valence-electron chi connectivity index (χ0n) is 39.8. The third-order valence-electron chi connectivity index (χ3n) is 15.5. The van der Waals surface area contributed by atoms with Crippen LogP contribution in [0.15, 0.2) is 47.4 Å². The summed E-state index contributed by atoms with van der Waals surface area (Å²) in [4.78, 5) is 33.2. The summed E-state index contributed by atoms with van der Waals surface area (Å²) in [6.45, 7) is 19.6. The van der Waals surface area contributed by atoms with Crippen LogP contribution in [0.5, 0.6) is 17.2 Å². The van der Waals surface area contributed by atoms with E-state index < -0.39 is 88.8 Å². The van der Waals surface area contributed by atoms with E-state index in [2.05, 4.69) is 38.2 Å². The molecule has 3 N–H and O–H groups in total. The summed E-state index contributed by atoms with van der Waals surface area (Å²) in [5, 5.41) is 32.1. The van der Waals surface area contributed by atoms with Gasteiger partial charge in [-0.25, -0.2) is 9.48 Å². The number of Topliss-reactive ketones (excluding diaryl/α,β-unsaturated/α-hetero) is 1. The lowest BCUT2D eigenvalue weighted by Crippen LogP contribution is -2.79. The molecule has 16 nitrogen and oxygen atoms in total. The van der Waals surface area contributed by atoms with Crippen molar-refractivity contribution in [3.63, 3.8) is 0 Å². The first-order valence-corrected chi connectivity index (χ1v) is 23.4. The van der Waals surface area contributed by atoms with Gasteiger partial charge < -0.3 is 53.4 Å². The molecule has 8 unspecified atom stereocenters. The van der Waals surface area contributed by atoms with Crippen LogP contribution in [-0.4, -0.2) is 109 Å². The lowest BCUT2D eigenvalue weighted by molar-refractivity contribution is -0.373. The Morgan fingerprint density at radius 2 is 1.77 bits per heavy atom. The molecule has 4 bridgehead atoms. The summed E-state index contributed by atoms with van der Waals surface area (Å²) in [5.74, 6) is -1.19. The largest absolute Gasteiger partial charge is 0.482 e. The predicted octanol–water partition coefficient (Wildman–Crippen LogP) is 6.41. The zero-order chi connectivity index (χ0) is 47.0. The average Bonchev–Trinajstić information content (AvgIpc) is 3.78. The highest BCUT2D eigenvalue weighted by Gasteiger charge is 2.86. The van der Waals surface area contributed by atoms with Gasteiger partial charge in [0, 0.05) is 29.4 Å². The molecule has 66 heavy (non-hydrogen) atoms. The van der Waals surface area contributed by atoms with Gasteiger partial charge >= 0.3 is 5.97 Å². The summed E-state index contributed by atoms with van der Waals surface area (Å²) in [7, 11) is 1.33. The number of fused-ring (bicyclic) bond motifs is 5. The first-order chi connectivity index (χ1) is 31.2. The van der Waals surface area contributed by atoms with Crippen LogP contribution in [0.25, 0.3) is 6.08 Å². The van der Waals surface area contributed by atoms with Crippen LogP contribution in [0, 0.1) is 17.8 Å². The number of nitrogens with one attached hydrogen (secondary N) is 1. The smallest absolute Gasteiger partial charge is 0.333 e. The van der Waals surface area contributed by atoms with Crippen LogP contribution in [0.1, 0.15) is 124 Å². The fourth-order valence-electron chi connectivity index (χ4n) is 12.5. The number of aliphatic hydroxyl groups is 2. The van der Waals surface area contributed by atoms with Gasteiger partial charge in [0.2, 0.25) is 12.2 Å². The van der Waals surface area contributed by atoms with Crippen molar-refractivity contribution in [3.8, 4) is 17.2 Å². The summed E-state index contributed by atoms with van der Waals surface area (Å²) in [6.07, 6.45) is 8.06. The van der Waals surface area contributed by atoms with E-state index in [-0.39, 0.29) is 24.7 Å². The lowest BCUT2D eigenvalue weighted by atomic mass is 9.44. The third kappa shape index (κ3) is 6.59. The molecule has 0 amide bonds. The van der Waals surface area contributed by atoms with E-state index >= 15 is 4.79 Å². The van der Waals surface area contributed by atoms with Crippen LogP contribution in [0.4, 0.5) is 5.95 Å². The number of allylic oxidation sites excluding steroid dienone is 4. The number of aliphatic hydroxyl groups excluding tert-OH is 2. The average molecular weight is 913 g/mol. The number of carbonyl (C=O) groups excluding carboxylic acids is 2. The maximum absolute atomic E-state index is 15.6. The van der Waals surface area contributed by atoms with E-state index in [0.717, 1.165) is 17.6 Å². The summed E-state index contributed by atoms with van der Waals surface area (Å²) in [5.41, 5.74) is 0.144. The molecule has 9 aliphatic rings. The number of rotatable bonds is 10. The van der Waals surface area contributed by atoms with E-state index in [9.17, 15) is 15.0 Å². The number of hydrogen-bond acceptors (Lipinski definition) is 15. The minimum atomic E-state index is -1.54. The number of hydrogen-bond donors (Lipinski definition) is 3. The van der Waals surface area contributed by atoms with Crippen LogP contribution >= 0.6 is 0 Å². The number of anilines is 1. The molecule has 1 aromatic heterocycles. The number of ketones is 1. The fourth-order valence-corrected chi connectivity index (χ4v) is 12.5. The molecule has 6 fully saturated rings. The van der Waals surface area contributed by atoms with E-state index in [0.29, 0.717) is 59.2 Å². The Morgan fingerprint density at radius 3 is 2.50 bits per heavy atom. The molecular weight excluding hydrogens is 849 g/mol. The maximum atomic E-state index is 15.6. The number of ether oxygens (including phenoxy) is 8. The van der Waals surface area contributed by atoms with E-state index in [1.54, 1.807) is 26.8 Å². The zero-order valence-corrected chi connectivity index (χ0v) is 39.8. The van der Waals surface area contributed by atoms with Gasteiger partial charge in [-0.1, -0.05) is 29.4 Å². The van der Waals surface area contributed by atoms with Crippen molar-refractivity contribution in [1.82, 2.24) is 14.8 Å². The summed E-state index contributed by atoms with van der Waals surface area (Å²) < 4.78 is 55.0. The normalized spacial score (nSPS) is 38.0. The van der Waals surface area contributed by atoms with Gasteiger partial charge in [-0.15, -0.1) is 0 Å². The van der Waals surface area contributed by atoms with Crippen LogP contribution < -0.4 is 19.5 Å². The molecule has 7 heterocycles. The number of carbonyl (C=O) groups is 2.